The number of halogens is 1. The Balaban J connectivity index is 2.27. The third kappa shape index (κ3) is 4.50. The van der Waals surface area contributed by atoms with E-state index in [1.165, 1.54) is 9.87 Å². The van der Waals surface area contributed by atoms with Crippen molar-refractivity contribution < 1.29 is 8.42 Å². The van der Waals surface area contributed by atoms with E-state index in [4.69, 9.17) is 0 Å². The van der Waals surface area contributed by atoms with Gasteiger partial charge in [-0.15, -0.1) is 11.3 Å². The first kappa shape index (κ1) is 14.1. The highest BCUT2D eigenvalue weighted by molar-refractivity contribution is 9.11. The van der Waals surface area contributed by atoms with E-state index in [2.05, 4.69) is 21.2 Å². The minimum Gasteiger partial charge on any atom is -0.312 e. The second-order valence-corrected chi connectivity index (χ2v) is 8.13. The first-order chi connectivity index (χ1) is 7.42. The van der Waals surface area contributed by atoms with Crippen LogP contribution >= 0.6 is 27.3 Å². The largest absolute Gasteiger partial charge is 0.312 e. The Hall–Kier alpha value is 0.0500. The van der Waals surface area contributed by atoms with Gasteiger partial charge in [-0.05, 0) is 32.9 Å². The van der Waals surface area contributed by atoms with Crippen LogP contribution in [0.1, 0.15) is 5.56 Å². The van der Waals surface area contributed by atoms with E-state index in [0.29, 0.717) is 13.1 Å². The molecule has 0 aliphatic rings. The van der Waals surface area contributed by atoms with E-state index in [0.717, 1.165) is 3.79 Å². The molecule has 92 valence electrons. The maximum absolute atomic E-state index is 11.4. The molecule has 7 heteroatoms. The fourth-order valence-corrected chi connectivity index (χ4v) is 3.03. The lowest BCUT2D eigenvalue weighted by Crippen LogP contribution is -2.30. The fourth-order valence-electron chi connectivity index (χ4n) is 1.05. The maximum atomic E-state index is 11.4. The maximum Gasteiger partial charge on any atom is 0.214 e. The predicted octanol–water partition coefficient (Wildman–Crippen LogP) is 1.49. The standard InChI is InChI=1S/C9H15BrN2O2S2/c1-12(2)16(13,14)4-3-11-6-8-5-9(10)15-7-8/h5,7,11H,3-4,6H2,1-2H3. The quantitative estimate of drug-likeness (QED) is 0.806. The van der Waals surface area contributed by atoms with Crippen LogP contribution in [0, 0.1) is 0 Å². The molecule has 0 atom stereocenters. The van der Waals surface area contributed by atoms with Gasteiger partial charge in [0.05, 0.1) is 9.54 Å². The predicted molar refractivity (Wildman–Crippen MR) is 71.2 cm³/mol. The summed E-state index contributed by atoms with van der Waals surface area (Å²) in [6.07, 6.45) is 0. The van der Waals surface area contributed by atoms with Gasteiger partial charge in [-0.2, -0.15) is 0 Å². The minimum absolute atomic E-state index is 0.130. The van der Waals surface area contributed by atoms with Crippen molar-refractivity contribution in [1.29, 1.82) is 0 Å². The third-order valence-electron chi connectivity index (χ3n) is 2.04. The third-order valence-corrected chi connectivity index (χ3v) is 5.43. The number of thiophene rings is 1. The van der Waals surface area contributed by atoms with Crippen molar-refractivity contribution in [3.63, 3.8) is 0 Å². The van der Waals surface area contributed by atoms with Gasteiger partial charge >= 0.3 is 0 Å². The fraction of sp³-hybridized carbons (Fsp3) is 0.556. The average Bonchev–Trinajstić information content (AvgIpc) is 2.59. The van der Waals surface area contributed by atoms with Crippen LogP contribution in [-0.2, 0) is 16.6 Å². The molecule has 1 N–H and O–H groups in total. The Morgan fingerprint density at radius 2 is 2.19 bits per heavy atom. The van der Waals surface area contributed by atoms with E-state index < -0.39 is 10.0 Å². The van der Waals surface area contributed by atoms with Crippen molar-refractivity contribution >= 4 is 37.3 Å². The number of nitrogens with one attached hydrogen (secondary N) is 1. The van der Waals surface area contributed by atoms with Gasteiger partial charge in [0.15, 0.2) is 0 Å². The van der Waals surface area contributed by atoms with Gasteiger partial charge in [-0.25, -0.2) is 12.7 Å². The van der Waals surface area contributed by atoms with Crippen LogP contribution in [0.2, 0.25) is 0 Å². The molecule has 1 aromatic heterocycles. The van der Waals surface area contributed by atoms with Crippen LogP contribution < -0.4 is 5.32 Å². The Morgan fingerprint density at radius 3 is 2.69 bits per heavy atom. The number of sulfonamides is 1. The summed E-state index contributed by atoms with van der Waals surface area (Å²) in [5, 5.41) is 5.15. The first-order valence-electron chi connectivity index (χ1n) is 4.75. The zero-order valence-corrected chi connectivity index (χ0v) is 12.5. The van der Waals surface area contributed by atoms with Crippen LogP contribution in [0.25, 0.3) is 0 Å². The summed E-state index contributed by atoms with van der Waals surface area (Å²) >= 11 is 5.00. The topological polar surface area (TPSA) is 49.4 Å². The molecule has 0 saturated heterocycles. The smallest absolute Gasteiger partial charge is 0.214 e. The van der Waals surface area contributed by atoms with Crippen LogP contribution in [0.15, 0.2) is 15.2 Å². The van der Waals surface area contributed by atoms with Crippen molar-refractivity contribution in [2.24, 2.45) is 0 Å². The summed E-state index contributed by atoms with van der Waals surface area (Å²) in [6.45, 7) is 1.17. The highest BCUT2D eigenvalue weighted by Gasteiger charge is 2.12. The van der Waals surface area contributed by atoms with Gasteiger partial charge in [0.2, 0.25) is 10.0 Å². The van der Waals surface area contributed by atoms with Crippen molar-refractivity contribution in [2.45, 2.75) is 6.54 Å². The van der Waals surface area contributed by atoms with Crippen LogP contribution in [0.3, 0.4) is 0 Å². The second-order valence-electron chi connectivity index (χ2n) is 3.53. The molecule has 0 radical (unpaired) electrons. The molecule has 0 bridgehead atoms. The highest BCUT2D eigenvalue weighted by Crippen LogP contribution is 2.20. The molecule has 0 aromatic carbocycles. The number of rotatable bonds is 6. The monoisotopic (exact) mass is 326 g/mol. The molecule has 1 aromatic rings. The second kappa shape index (κ2) is 6.11. The summed E-state index contributed by atoms with van der Waals surface area (Å²) in [7, 11) is 0.0107. The molecular formula is C9H15BrN2O2S2. The Labute approximate surface area is 109 Å². The highest BCUT2D eigenvalue weighted by atomic mass is 79.9. The summed E-state index contributed by atoms with van der Waals surface area (Å²) in [5.41, 5.74) is 1.17. The first-order valence-corrected chi connectivity index (χ1v) is 8.04. The van der Waals surface area contributed by atoms with Crippen molar-refractivity contribution in [2.75, 3.05) is 26.4 Å². The lowest BCUT2D eigenvalue weighted by atomic mass is 10.3. The van der Waals surface area contributed by atoms with E-state index in [-0.39, 0.29) is 5.75 Å². The van der Waals surface area contributed by atoms with Crippen molar-refractivity contribution in [1.82, 2.24) is 9.62 Å². The molecule has 1 rings (SSSR count). The van der Waals surface area contributed by atoms with E-state index in [9.17, 15) is 8.42 Å². The summed E-state index contributed by atoms with van der Waals surface area (Å²) in [5.74, 6) is 0.130. The van der Waals surface area contributed by atoms with Gasteiger partial charge in [0.25, 0.3) is 0 Å². The van der Waals surface area contributed by atoms with Gasteiger partial charge in [-0.1, -0.05) is 0 Å². The van der Waals surface area contributed by atoms with E-state index in [1.54, 1.807) is 25.4 Å². The van der Waals surface area contributed by atoms with Crippen LogP contribution in [-0.4, -0.2) is 39.1 Å². The lowest BCUT2D eigenvalue weighted by molar-refractivity contribution is 0.517. The molecule has 0 unspecified atom stereocenters. The number of hydrogen-bond acceptors (Lipinski definition) is 4. The molecule has 0 fully saturated rings. The van der Waals surface area contributed by atoms with Crippen molar-refractivity contribution in [3.05, 3.63) is 20.8 Å². The molecule has 0 aliphatic carbocycles. The zero-order chi connectivity index (χ0) is 12.2. The van der Waals surface area contributed by atoms with Crippen molar-refractivity contribution in [3.8, 4) is 0 Å². The Kier molecular flexibility index (Phi) is 5.39. The van der Waals surface area contributed by atoms with Gasteiger partial charge < -0.3 is 5.32 Å². The average molecular weight is 327 g/mol. The number of nitrogens with zero attached hydrogens (tertiary/aromatic N) is 1. The molecular weight excluding hydrogens is 312 g/mol. The molecule has 1 heterocycles. The summed E-state index contributed by atoms with van der Waals surface area (Å²) in [6, 6.07) is 2.03. The Bertz CT molecular complexity index is 428. The summed E-state index contributed by atoms with van der Waals surface area (Å²) < 4.78 is 25.2. The number of hydrogen-bond donors (Lipinski definition) is 1. The van der Waals surface area contributed by atoms with Gasteiger partial charge in [0.1, 0.15) is 0 Å². The van der Waals surface area contributed by atoms with Gasteiger partial charge in [0, 0.05) is 27.2 Å². The zero-order valence-electron chi connectivity index (χ0n) is 9.23. The SMILES string of the molecule is CN(C)S(=O)(=O)CCNCc1csc(Br)c1. The van der Waals surface area contributed by atoms with E-state index >= 15 is 0 Å². The van der Waals surface area contributed by atoms with Gasteiger partial charge in [-0.3, -0.25) is 0 Å². The minimum atomic E-state index is -3.08. The molecule has 0 amide bonds. The molecule has 4 nitrogen and oxygen atoms in total. The van der Waals surface area contributed by atoms with E-state index in [1.807, 2.05) is 11.4 Å². The normalized spacial score (nSPS) is 12.2. The molecule has 0 aliphatic heterocycles. The van der Waals surface area contributed by atoms with Crippen LogP contribution in [0.4, 0.5) is 0 Å². The summed E-state index contributed by atoms with van der Waals surface area (Å²) in [4.78, 5) is 0. The Morgan fingerprint density at radius 1 is 1.50 bits per heavy atom. The molecule has 0 spiro atoms. The molecule has 0 saturated carbocycles. The van der Waals surface area contributed by atoms with Crippen LogP contribution in [0.5, 0.6) is 0 Å². The lowest BCUT2D eigenvalue weighted by Gasteiger charge is -2.11. The molecule has 16 heavy (non-hydrogen) atoms.